The Kier molecular flexibility index (Phi) is 10.3. The number of aliphatic carboxylic acids is 1. The molecule has 1 aromatic carbocycles. The highest BCUT2D eigenvalue weighted by atomic mass is 127. The number of methoxy groups -OCH3 is 2. The number of rotatable bonds is 10. The molecular formula is C25H29IO6. The molecule has 0 saturated heterocycles. The van der Waals surface area contributed by atoms with Gasteiger partial charge in [-0.2, -0.15) is 0 Å². The summed E-state index contributed by atoms with van der Waals surface area (Å²) in [7, 11) is 3.26. The van der Waals surface area contributed by atoms with Gasteiger partial charge in [-0.3, -0.25) is 0 Å². The first-order valence-corrected chi connectivity index (χ1v) is 11.4. The van der Waals surface area contributed by atoms with Crippen molar-refractivity contribution in [1.29, 1.82) is 0 Å². The van der Waals surface area contributed by atoms with Gasteiger partial charge in [0.1, 0.15) is 12.4 Å². The molecule has 3 atom stereocenters. The predicted molar refractivity (Wildman–Crippen MR) is 132 cm³/mol. The zero-order valence-corrected chi connectivity index (χ0v) is 20.9. The molecule has 32 heavy (non-hydrogen) atoms. The Morgan fingerprint density at radius 2 is 2.16 bits per heavy atom. The molecule has 1 aromatic rings. The maximum atomic E-state index is 11.5. The van der Waals surface area contributed by atoms with Gasteiger partial charge in [0.25, 0.3) is 0 Å². The van der Waals surface area contributed by atoms with Gasteiger partial charge in [-0.15, -0.1) is 0 Å². The largest absolute Gasteiger partial charge is 0.501 e. The van der Waals surface area contributed by atoms with Crippen LogP contribution in [0.15, 0.2) is 54.3 Å². The monoisotopic (exact) mass is 552 g/mol. The Hall–Kier alpha value is -2.28. The number of carboxylic acid groups (broad SMARTS) is 1. The number of ether oxygens (including phenoxy) is 4. The van der Waals surface area contributed by atoms with E-state index in [-0.39, 0.29) is 5.92 Å². The van der Waals surface area contributed by atoms with Crippen LogP contribution < -0.4 is 4.74 Å². The molecule has 6 nitrogen and oxygen atoms in total. The van der Waals surface area contributed by atoms with E-state index in [4.69, 9.17) is 18.9 Å². The third kappa shape index (κ3) is 7.12. The van der Waals surface area contributed by atoms with Crippen LogP contribution in [0.5, 0.6) is 5.75 Å². The number of benzene rings is 1. The molecule has 7 heteroatoms. The SMILES string of the molecule is CCO[C@H](C(=O)O)C(C)c1ccc(OCC=CC#CC2(OC)C=CC=C(OC)C2)c(I)c1. The number of halogens is 1. The van der Waals surface area contributed by atoms with Crippen molar-refractivity contribution < 1.29 is 28.8 Å². The Bertz CT molecular complexity index is 939. The number of carboxylic acids is 1. The molecule has 0 fully saturated rings. The molecule has 1 aliphatic rings. The van der Waals surface area contributed by atoms with E-state index in [0.717, 1.165) is 20.6 Å². The third-order valence-electron chi connectivity index (χ3n) is 5.06. The van der Waals surface area contributed by atoms with Crippen molar-refractivity contribution in [3.63, 3.8) is 0 Å². The van der Waals surface area contributed by atoms with E-state index in [0.29, 0.717) is 19.6 Å². The van der Waals surface area contributed by atoms with E-state index >= 15 is 0 Å². The minimum absolute atomic E-state index is 0.277. The summed E-state index contributed by atoms with van der Waals surface area (Å²) in [5.74, 6) is 6.44. The average molecular weight is 552 g/mol. The molecule has 0 saturated carbocycles. The van der Waals surface area contributed by atoms with E-state index in [1.54, 1.807) is 27.2 Å². The first-order valence-electron chi connectivity index (χ1n) is 10.3. The summed E-state index contributed by atoms with van der Waals surface area (Å²) in [6, 6.07) is 5.65. The lowest BCUT2D eigenvalue weighted by atomic mass is 9.94. The van der Waals surface area contributed by atoms with Crippen LogP contribution in [0.4, 0.5) is 0 Å². The Morgan fingerprint density at radius 3 is 2.78 bits per heavy atom. The van der Waals surface area contributed by atoms with Gasteiger partial charge in [0.2, 0.25) is 0 Å². The maximum absolute atomic E-state index is 11.5. The van der Waals surface area contributed by atoms with Crippen molar-refractivity contribution in [1.82, 2.24) is 0 Å². The molecule has 0 bridgehead atoms. The van der Waals surface area contributed by atoms with Gasteiger partial charge in [0.05, 0.1) is 16.4 Å². The standard InChI is InChI=1S/C25H29IO6/c1-5-31-23(24(27)28)18(2)19-11-12-22(21(26)16-19)32-15-8-6-7-13-25(30-4)14-9-10-20(17-25)29-3/h6,8-12,14,16,18,23H,5,15,17H2,1-4H3,(H,27,28)/t18?,23-,25?/m0/s1. The van der Waals surface area contributed by atoms with Gasteiger partial charge in [-0.05, 0) is 71.5 Å². The van der Waals surface area contributed by atoms with E-state index in [2.05, 4.69) is 34.4 Å². The fraction of sp³-hybridized carbons (Fsp3) is 0.400. The molecule has 1 N–H and O–H groups in total. The molecule has 0 spiro atoms. The summed E-state index contributed by atoms with van der Waals surface area (Å²) in [6.07, 6.45) is 8.94. The lowest BCUT2D eigenvalue weighted by Crippen LogP contribution is -2.29. The van der Waals surface area contributed by atoms with Gasteiger partial charge in [0.15, 0.2) is 11.7 Å². The summed E-state index contributed by atoms with van der Waals surface area (Å²) in [6.45, 7) is 4.34. The molecule has 172 valence electrons. The van der Waals surface area contributed by atoms with Gasteiger partial charge >= 0.3 is 5.97 Å². The molecular weight excluding hydrogens is 523 g/mol. The minimum atomic E-state index is -0.964. The van der Waals surface area contributed by atoms with Crippen molar-refractivity contribution in [2.24, 2.45) is 0 Å². The highest BCUT2D eigenvalue weighted by Crippen LogP contribution is 2.29. The van der Waals surface area contributed by atoms with Crippen LogP contribution in [0.3, 0.4) is 0 Å². The number of carbonyl (C=O) groups is 1. The minimum Gasteiger partial charge on any atom is -0.501 e. The smallest absolute Gasteiger partial charge is 0.333 e. The quantitative estimate of drug-likeness (QED) is 0.335. The Morgan fingerprint density at radius 1 is 1.38 bits per heavy atom. The summed E-state index contributed by atoms with van der Waals surface area (Å²) in [5, 5.41) is 9.40. The first-order chi connectivity index (χ1) is 15.4. The molecule has 0 aromatic heterocycles. The lowest BCUT2D eigenvalue weighted by molar-refractivity contribution is -0.151. The van der Waals surface area contributed by atoms with Crippen LogP contribution in [0.25, 0.3) is 0 Å². The maximum Gasteiger partial charge on any atom is 0.333 e. The first kappa shape index (κ1) is 26.0. The fourth-order valence-electron chi connectivity index (χ4n) is 3.21. The molecule has 1 aliphatic carbocycles. The van der Waals surface area contributed by atoms with Crippen molar-refractivity contribution in [3.05, 3.63) is 63.5 Å². The summed E-state index contributed by atoms with van der Waals surface area (Å²) < 4.78 is 23.0. The fourth-order valence-corrected chi connectivity index (χ4v) is 3.91. The molecule has 0 aliphatic heterocycles. The number of hydrogen-bond acceptors (Lipinski definition) is 5. The van der Waals surface area contributed by atoms with Crippen LogP contribution in [0, 0.1) is 15.4 Å². The van der Waals surface area contributed by atoms with Crippen LogP contribution in [0.1, 0.15) is 31.7 Å². The second kappa shape index (κ2) is 12.7. The zero-order chi connectivity index (χ0) is 23.6. The van der Waals surface area contributed by atoms with Gasteiger partial charge in [0, 0.05) is 26.1 Å². The Labute approximate surface area is 203 Å². The van der Waals surface area contributed by atoms with Crippen molar-refractivity contribution in [3.8, 4) is 17.6 Å². The predicted octanol–water partition coefficient (Wildman–Crippen LogP) is 4.70. The normalized spacial score (nSPS) is 19.6. The molecule has 2 rings (SSSR count). The van der Waals surface area contributed by atoms with Crippen LogP contribution in [0.2, 0.25) is 0 Å². The second-order valence-electron chi connectivity index (χ2n) is 7.14. The van der Waals surface area contributed by atoms with Gasteiger partial charge < -0.3 is 24.1 Å². The topological polar surface area (TPSA) is 74.2 Å². The molecule has 0 radical (unpaired) electrons. The van der Waals surface area contributed by atoms with E-state index in [1.807, 2.05) is 49.4 Å². The van der Waals surface area contributed by atoms with E-state index in [9.17, 15) is 9.90 Å². The third-order valence-corrected chi connectivity index (χ3v) is 5.90. The summed E-state index contributed by atoms with van der Waals surface area (Å²) >= 11 is 2.18. The van der Waals surface area contributed by atoms with Gasteiger partial charge in [-0.25, -0.2) is 4.79 Å². The second-order valence-corrected chi connectivity index (χ2v) is 8.30. The summed E-state index contributed by atoms with van der Waals surface area (Å²) in [5.41, 5.74) is 0.196. The van der Waals surface area contributed by atoms with Crippen LogP contribution >= 0.6 is 22.6 Å². The highest BCUT2D eigenvalue weighted by Gasteiger charge is 2.28. The summed E-state index contributed by atoms with van der Waals surface area (Å²) in [4.78, 5) is 11.5. The number of allylic oxidation sites excluding steroid dienone is 3. The van der Waals surface area contributed by atoms with Crippen LogP contribution in [-0.2, 0) is 19.0 Å². The van der Waals surface area contributed by atoms with Crippen LogP contribution in [-0.4, -0.2) is 50.2 Å². The van der Waals surface area contributed by atoms with Gasteiger partial charge in [-0.1, -0.05) is 30.9 Å². The molecule has 0 heterocycles. The lowest BCUT2D eigenvalue weighted by Gasteiger charge is -2.26. The van der Waals surface area contributed by atoms with E-state index < -0.39 is 17.7 Å². The number of hydrogen-bond donors (Lipinski definition) is 1. The Balaban J connectivity index is 1.96. The molecule has 0 amide bonds. The van der Waals surface area contributed by atoms with Crippen molar-refractivity contribution in [2.45, 2.75) is 37.9 Å². The van der Waals surface area contributed by atoms with E-state index in [1.165, 1.54) is 0 Å². The van der Waals surface area contributed by atoms with Crippen molar-refractivity contribution in [2.75, 3.05) is 27.4 Å². The zero-order valence-electron chi connectivity index (χ0n) is 18.8. The average Bonchev–Trinajstić information content (AvgIpc) is 2.80. The van der Waals surface area contributed by atoms with Crippen molar-refractivity contribution >= 4 is 28.6 Å². The molecule has 2 unspecified atom stereocenters. The highest BCUT2D eigenvalue weighted by molar-refractivity contribution is 14.1.